The largest absolute Gasteiger partial charge is 0.346 e. The number of nitrogens with zero attached hydrogens (tertiary/aromatic N) is 3. The van der Waals surface area contributed by atoms with Crippen LogP contribution in [0.15, 0.2) is 12.1 Å². The van der Waals surface area contributed by atoms with Gasteiger partial charge in [0.05, 0.1) is 16.5 Å². The van der Waals surface area contributed by atoms with Crippen LogP contribution in [0.4, 0.5) is 5.13 Å². The Labute approximate surface area is 145 Å². The molecule has 126 valence electrons. The van der Waals surface area contributed by atoms with Crippen molar-refractivity contribution in [1.29, 1.82) is 0 Å². The molecule has 8 heteroatoms. The summed E-state index contributed by atoms with van der Waals surface area (Å²) < 4.78 is 26.1. The summed E-state index contributed by atoms with van der Waals surface area (Å²) in [5.41, 5.74) is 1.93. The van der Waals surface area contributed by atoms with Crippen LogP contribution in [-0.4, -0.2) is 50.1 Å². The van der Waals surface area contributed by atoms with E-state index in [4.69, 9.17) is 16.6 Å². The van der Waals surface area contributed by atoms with Gasteiger partial charge >= 0.3 is 0 Å². The Morgan fingerprint density at radius 3 is 2.87 bits per heavy atom. The molecule has 1 saturated heterocycles. The van der Waals surface area contributed by atoms with E-state index in [2.05, 4.69) is 4.90 Å². The molecular formula is C15H20ClN3O2S2. The Hall–Kier alpha value is -0.890. The van der Waals surface area contributed by atoms with E-state index in [0.29, 0.717) is 6.54 Å². The van der Waals surface area contributed by atoms with Gasteiger partial charge in [0, 0.05) is 31.2 Å². The molecule has 0 spiro atoms. The van der Waals surface area contributed by atoms with E-state index in [0.717, 1.165) is 45.3 Å². The molecule has 1 aliphatic rings. The number of aromatic nitrogens is 1. The molecule has 0 aliphatic carbocycles. The number of aryl methyl sites for hydroxylation is 1. The average Bonchev–Trinajstić information content (AvgIpc) is 2.94. The van der Waals surface area contributed by atoms with Gasteiger partial charge in [-0.15, -0.1) is 0 Å². The summed E-state index contributed by atoms with van der Waals surface area (Å²) >= 11 is 7.81. The highest BCUT2D eigenvalue weighted by Crippen LogP contribution is 2.34. The topological polar surface area (TPSA) is 53.5 Å². The smallest absolute Gasteiger partial charge is 0.211 e. The Morgan fingerprint density at radius 1 is 1.43 bits per heavy atom. The second-order valence-electron chi connectivity index (χ2n) is 6.04. The van der Waals surface area contributed by atoms with Gasteiger partial charge in [-0.2, -0.15) is 0 Å². The molecule has 1 atom stereocenters. The number of likely N-dealkylation sites (N-methyl/N-ethyl adjacent to an activating group) is 1. The number of sulfonamides is 1. The lowest BCUT2D eigenvalue weighted by Gasteiger charge is -2.36. The molecule has 0 N–H and O–H groups in total. The number of thiazole rings is 1. The number of halogens is 1. The van der Waals surface area contributed by atoms with Crippen molar-refractivity contribution in [2.45, 2.75) is 25.8 Å². The normalized spacial score (nSPS) is 19.7. The van der Waals surface area contributed by atoms with Gasteiger partial charge in [0.15, 0.2) is 5.13 Å². The summed E-state index contributed by atoms with van der Waals surface area (Å²) in [6.45, 7) is 3.56. The third-order valence-electron chi connectivity index (χ3n) is 4.44. The molecule has 2 aromatic rings. The molecule has 0 saturated carbocycles. The average molecular weight is 374 g/mol. The van der Waals surface area contributed by atoms with Crippen molar-refractivity contribution in [3.8, 4) is 0 Å². The molecule has 0 radical (unpaired) electrons. The molecule has 0 amide bonds. The van der Waals surface area contributed by atoms with Crippen LogP contribution in [0.25, 0.3) is 10.2 Å². The van der Waals surface area contributed by atoms with Crippen LogP contribution >= 0.6 is 22.9 Å². The van der Waals surface area contributed by atoms with E-state index in [1.165, 1.54) is 10.6 Å². The molecule has 0 bridgehead atoms. The maximum atomic E-state index is 11.8. The zero-order valence-electron chi connectivity index (χ0n) is 13.4. The number of hydrogen-bond donors (Lipinski definition) is 0. The molecule has 2 heterocycles. The van der Waals surface area contributed by atoms with Gasteiger partial charge in [0.2, 0.25) is 10.0 Å². The number of piperidine rings is 1. The highest BCUT2D eigenvalue weighted by atomic mass is 35.5. The van der Waals surface area contributed by atoms with Crippen LogP contribution in [0.5, 0.6) is 0 Å². The lowest BCUT2D eigenvalue weighted by atomic mass is 10.1. The predicted molar refractivity (Wildman–Crippen MR) is 97.2 cm³/mol. The number of anilines is 1. The standard InChI is InChI=1S/C15H20ClN3O2S2/c1-10-12(16)6-7-13-14(10)17-15(22-13)19-8-4-5-11(9-19)18(2)23(3,20)21/h6-7,11H,4-5,8-9H2,1-3H3. The van der Waals surface area contributed by atoms with E-state index in [1.54, 1.807) is 18.4 Å². The Morgan fingerprint density at radius 2 is 2.17 bits per heavy atom. The van der Waals surface area contributed by atoms with Crippen LogP contribution < -0.4 is 4.90 Å². The van der Waals surface area contributed by atoms with Gasteiger partial charge < -0.3 is 4.90 Å². The quantitative estimate of drug-likeness (QED) is 0.829. The lowest BCUT2D eigenvalue weighted by Crippen LogP contribution is -2.48. The first-order valence-corrected chi connectivity index (χ1v) is 10.6. The summed E-state index contributed by atoms with van der Waals surface area (Å²) in [6, 6.07) is 3.89. The minimum atomic E-state index is -3.17. The molecule has 23 heavy (non-hydrogen) atoms. The third kappa shape index (κ3) is 3.33. The first-order chi connectivity index (χ1) is 10.8. The first kappa shape index (κ1) is 17.0. The van der Waals surface area contributed by atoms with Crippen molar-refractivity contribution in [2.75, 3.05) is 31.3 Å². The van der Waals surface area contributed by atoms with Crippen molar-refractivity contribution in [3.63, 3.8) is 0 Å². The van der Waals surface area contributed by atoms with Gasteiger partial charge in [-0.1, -0.05) is 22.9 Å². The monoisotopic (exact) mass is 373 g/mol. The highest BCUT2D eigenvalue weighted by Gasteiger charge is 2.29. The Balaban J connectivity index is 1.88. The maximum Gasteiger partial charge on any atom is 0.211 e. The van der Waals surface area contributed by atoms with Gasteiger partial charge in [-0.05, 0) is 37.5 Å². The zero-order chi connectivity index (χ0) is 16.8. The van der Waals surface area contributed by atoms with Crippen LogP contribution in [0.2, 0.25) is 5.02 Å². The van der Waals surface area contributed by atoms with Crippen LogP contribution in [-0.2, 0) is 10.0 Å². The van der Waals surface area contributed by atoms with E-state index >= 15 is 0 Å². The molecule has 1 aromatic carbocycles. The molecule has 5 nitrogen and oxygen atoms in total. The highest BCUT2D eigenvalue weighted by molar-refractivity contribution is 7.88. The van der Waals surface area contributed by atoms with Crippen molar-refractivity contribution < 1.29 is 8.42 Å². The molecule has 1 aromatic heterocycles. The second-order valence-corrected chi connectivity index (χ2v) is 9.50. The number of rotatable bonds is 3. The molecular weight excluding hydrogens is 354 g/mol. The first-order valence-electron chi connectivity index (χ1n) is 7.51. The van der Waals surface area contributed by atoms with E-state index in [1.807, 2.05) is 19.1 Å². The zero-order valence-corrected chi connectivity index (χ0v) is 15.8. The fourth-order valence-corrected chi connectivity index (χ4v) is 4.85. The van der Waals surface area contributed by atoms with Gasteiger partial charge in [0.25, 0.3) is 0 Å². The summed E-state index contributed by atoms with van der Waals surface area (Å²) in [7, 11) is -1.51. The minimum absolute atomic E-state index is 0.00422. The molecule has 3 rings (SSSR count). The molecule has 1 fully saturated rings. The van der Waals surface area contributed by atoms with Gasteiger partial charge in [-0.3, -0.25) is 0 Å². The number of hydrogen-bond acceptors (Lipinski definition) is 5. The van der Waals surface area contributed by atoms with Crippen LogP contribution in [0.3, 0.4) is 0 Å². The number of benzene rings is 1. The lowest BCUT2D eigenvalue weighted by molar-refractivity contribution is 0.322. The minimum Gasteiger partial charge on any atom is -0.346 e. The summed E-state index contributed by atoms with van der Waals surface area (Å²) in [5.74, 6) is 0. The van der Waals surface area contributed by atoms with Crippen LogP contribution in [0.1, 0.15) is 18.4 Å². The Bertz CT molecular complexity index is 835. The Kier molecular flexibility index (Phi) is 4.57. The van der Waals surface area contributed by atoms with Crippen molar-refractivity contribution in [3.05, 3.63) is 22.7 Å². The van der Waals surface area contributed by atoms with Gasteiger partial charge in [-0.25, -0.2) is 17.7 Å². The van der Waals surface area contributed by atoms with E-state index in [9.17, 15) is 8.42 Å². The van der Waals surface area contributed by atoms with Crippen molar-refractivity contribution >= 4 is 48.3 Å². The summed E-state index contributed by atoms with van der Waals surface area (Å²) in [6.07, 6.45) is 3.10. The molecule has 1 unspecified atom stereocenters. The van der Waals surface area contributed by atoms with Gasteiger partial charge in [0.1, 0.15) is 0 Å². The van der Waals surface area contributed by atoms with Crippen molar-refractivity contribution in [1.82, 2.24) is 9.29 Å². The summed E-state index contributed by atoms with van der Waals surface area (Å²) in [4.78, 5) is 6.93. The SMILES string of the molecule is Cc1c(Cl)ccc2sc(N3CCCC(N(C)S(C)(=O)=O)C3)nc12. The number of fused-ring (bicyclic) bond motifs is 1. The van der Waals surface area contributed by atoms with E-state index < -0.39 is 10.0 Å². The predicted octanol–water partition coefficient (Wildman–Crippen LogP) is 3.12. The fourth-order valence-electron chi connectivity index (χ4n) is 2.92. The van der Waals surface area contributed by atoms with E-state index in [-0.39, 0.29) is 6.04 Å². The molecule has 1 aliphatic heterocycles. The third-order valence-corrected chi connectivity index (χ3v) is 7.28. The maximum absolute atomic E-state index is 11.8. The summed E-state index contributed by atoms with van der Waals surface area (Å²) in [5, 5.41) is 1.67. The van der Waals surface area contributed by atoms with Crippen molar-refractivity contribution in [2.24, 2.45) is 0 Å². The second kappa shape index (κ2) is 6.20. The van der Waals surface area contributed by atoms with Crippen LogP contribution in [0, 0.1) is 6.92 Å². The fraction of sp³-hybridized carbons (Fsp3) is 0.533.